The van der Waals surface area contributed by atoms with Crippen LogP contribution in [0.1, 0.15) is 10.4 Å². The summed E-state index contributed by atoms with van der Waals surface area (Å²) in [4.78, 5) is 28.9. The van der Waals surface area contributed by atoms with Crippen LogP contribution in [0, 0.1) is 0 Å². The second-order valence-electron chi connectivity index (χ2n) is 6.95. The van der Waals surface area contributed by atoms with Crippen LogP contribution in [0.3, 0.4) is 0 Å². The summed E-state index contributed by atoms with van der Waals surface area (Å²) in [7, 11) is 1.59. The molecule has 0 unspecified atom stereocenters. The first-order valence-corrected chi connectivity index (χ1v) is 11.0. The first-order valence-electron chi connectivity index (χ1n) is 10.1. The van der Waals surface area contributed by atoms with Crippen molar-refractivity contribution in [2.75, 3.05) is 24.4 Å². The smallest absolute Gasteiger partial charge is 0.264 e. The molecule has 33 heavy (non-hydrogen) atoms. The van der Waals surface area contributed by atoms with Crippen LogP contribution in [0.4, 0.5) is 10.8 Å². The Kier molecular flexibility index (Phi) is 6.96. The lowest BCUT2D eigenvalue weighted by atomic mass is 10.1. The summed E-state index contributed by atoms with van der Waals surface area (Å²) in [6, 6.07) is 23.4. The molecule has 0 aliphatic heterocycles. The van der Waals surface area contributed by atoms with E-state index in [0.717, 1.165) is 11.3 Å². The van der Waals surface area contributed by atoms with Crippen molar-refractivity contribution >= 4 is 34.0 Å². The van der Waals surface area contributed by atoms with Gasteiger partial charge in [-0.15, -0.1) is 11.3 Å². The van der Waals surface area contributed by atoms with Crippen LogP contribution in [-0.4, -0.2) is 30.5 Å². The van der Waals surface area contributed by atoms with Gasteiger partial charge in [0.15, 0.2) is 11.7 Å². The third kappa shape index (κ3) is 5.96. The normalized spacial score (nSPS) is 10.3. The minimum absolute atomic E-state index is 0.128. The lowest BCUT2D eigenvalue weighted by Crippen LogP contribution is -2.20. The minimum atomic E-state index is -0.300. The van der Waals surface area contributed by atoms with Gasteiger partial charge in [-0.1, -0.05) is 30.3 Å². The fourth-order valence-corrected chi connectivity index (χ4v) is 3.69. The maximum Gasteiger partial charge on any atom is 0.264 e. The summed E-state index contributed by atoms with van der Waals surface area (Å²) < 4.78 is 10.6. The summed E-state index contributed by atoms with van der Waals surface area (Å²) in [6.07, 6.45) is 0. The number of ether oxygens (including phenoxy) is 2. The van der Waals surface area contributed by atoms with Gasteiger partial charge in [0.05, 0.1) is 12.8 Å². The molecular weight excluding hydrogens is 438 g/mol. The van der Waals surface area contributed by atoms with E-state index in [0.29, 0.717) is 27.9 Å². The van der Waals surface area contributed by atoms with Gasteiger partial charge in [0.25, 0.3) is 11.8 Å². The van der Waals surface area contributed by atoms with E-state index in [2.05, 4.69) is 15.6 Å². The fraction of sp³-hybridized carbons (Fsp3) is 0.0800. The number of benzene rings is 3. The standard InChI is InChI=1S/C25H21N3O4S/c1-31-20-11-13-21(14-12-20)32-15-23(29)28-25-27-22(16-33-25)17-7-9-19(10-8-17)26-24(30)18-5-3-2-4-6-18/h2-14,16H,15H2,1H3,(H,26,30)(H,27,28,29). The second-order valence-corrected chi connectivity index (χ2v) is 7.81. The van der Waals surface area contributed by atoms with Gasteiger partial charge >= 0.3 is 0 Å². The molecule has 4 rings (SSSR count). The Hall–Kier alpha value is -4.17. The number of nitrogens with one attached hydrogen (secondary N) is 2. The van der Waals surface area contributed by atoms with Gasteiger partial charge < -0.3 is 14.8 Å². The number of nitrogens with zero attached hydrogens (tertiary/aromatic N) is 1. The third-order valence-electron chi connectivity index (χ3n) is 4.65. The lowest BCUT2D eigenvalue weighted by molar-refractivity contribution is -0.118. The molecule has 1 aromatic heterocycles. The van der Waals surface area contributed by atoms with Gasteiger partial charge in [-0.2, -0.15) is 0 Å². The molecule has 0 radical (unpaired) electrons. The predicted octanol–water partition coefficient (Wildman–Crippen LogP) is 5.09. The van der Waals surface area contributed by atoms with Gasteiger partial charge in [0, 0.05) is 22.2 Å². The van der Waals surface area contributed by atoms with Crippen LogP contribution in [0.25, 0.3) is 11.3 Å². The number of amides is 2. The number of carbonyl (C=O) groups is 2. The Bertz CT molecular complexity index is 1220. The van der Waals surface area contributed by atoms with Crippen molar-refractivity contribution in [2.45, 2.75) is 0 Å². The van der Waals surface area contributed by atoms with Gasteiger partial charge in [0.1, 0.15) is 11.5 Å². The largest absolute Gasteiger partial charge is 0.497 e. The zero-order valence-corrected chi connectivity index (χ0v) is 18.6. The van der Waals surface area contributed by atoms with E-state index in [1.54, 1.807) is 43.5 Å². The Morgan fingerprint density at radius 3 is 2.27 bits per heavy atom. The molecule has 3 aromatic carbocycles. The van der Waals surface area contributed by atoms with Crippen LogP contribution in [0.5, 0.6) is 11.5 Å². The highest BCUT2D eigenvalue weighted by molar-refractivity contribution is 7.14. The number of aromatic nitrogens is 1. The predicted molar refractivity (Wildman–Crippen MR) is 129 cm³/mol. The molecule has 1 heterocycles. The summed E-state index contributed by atoms with van der Waals surface area (Å²) in [5, 5.41) is 7.95. The van der Waals surface area contributed by atoms with Crippen LogP contribution >= 0.6 is 11.3 Å². The number of rotatable bonds is 8. The van der Waals surface area contributed by atoms with Crippen LogP contribution in [0.15, 0.2) is 84.2 Å². The Labute approximate surface area is 195 Å². The van der Waals surface area contributed by atoms with Gasteiger partial charge in [-0.05, 0) is 48.5 Å². The average molecular weight is 460 g/mol. The number of hydrogen-bond donors (Lipinski definition) is 2. The number of carbonyl (C=O) groups excluding carboxylic acids is 2. The maximum absolute atomic E-state index is 12.3. The molecule has 7 nitrogen and oxygen atoms in total. The van der Waals surface area contributed by atoms with E-state index in [-0.39, 0.29) is 18.4 Å². The molecule has 0 atom stereocenters. The molecule has 0 aliphatic rings. The molecule has 2 amide bonds. The molecule has 8 heteroatoms. The van der Waals surface area contributed by atoms with Crippen molar-refractivity contribution in [3.63, 3.8) is 0 Å². The molecule has 0 spiro atoms. The Balaban J connectivity index is 1.31. The van der Waals surface area contributed by atoms with Crippen molar-refractivity contribution in [1.29, 1.82) is 0 Å². The molecule has 0 bridgehead atoms. The van der Waals surface area contributed by atoms with Crippen molar-refractivity contribution in [3.05, 3.63) is 89.8 Å². The summed E-state index contributed by atoms with van der Waals surface area (Å²) in [6.45, 7) is -0.128. The number of methoxy groups -OCH3 is 1. The molecule has 4 aromatic rings. The fourth-order valence-electron chi connectivity index (χ4n) is 2.96. The van der Waals surface area contributed by atoms with E-state index in [9.17, 15) is 9.59 Å². The van der Waals surface area contributed by atoms with E-state index >= 15 is 0 Å². The van der Waals surface area contributed by atoms with E-state index < -0.39 is 0 Å². The molecule has 166 valence electrons. The van der Waals surface area contributed by atoms with E-state index in [4.69, 9.17) is 9.47 Å². The van der Waals surface area contributed by atoms with Crippen molar-refractivity contribution in [1.82, 2.24) is 4.98 Å². The number of anilines is 2. The lowest BCUT2D eigenvalue weighted by Gasteiger charge is -2.07. The molecular formula is C25H21N3O4S. The summed E-state index contributed by atoms with van der Waals surface area (Å²) >= 11 is 1.33. The Morgan fingerprint density at radius 1 is 0.879 bits per heavy atom. The maximum atomic E-state index is 12.3. The molecule has 2 N–H and O–H groups in total. The summed E-state index contributed by atoms with van der Waals surface area (Å²) in [5.41, 5.74) is 2.88. The van der Waals surface area contributed by atoms with Gasteiger partial charge in [-0.25, -0.2) is 4.98 Å². The number of thiazole rings is 1. The average Bonchev–Trinajstić information content (AvgIpc) is 3.32. The van der Waals surface area contributed by atoms with Crippen LogP contribution in [0.2, 0.25) is 0 Å². The zero-order chi connectivity index (χ0) is 23.0. The van der Waals surface area contributed by atoms with Gasteiger partial charge in [-0.3, -0.25) is 14.9 Å². The van der Waals surface area contributed by atoms with Crippen LogP contribution in [-0.2, 0) is 4.79 Å². The topological polar surface area (TPSA) is 89.6 Å². The van der Waals surface area contributed by atoms with Crippen molar-refractivity contribution in [3.8, 4) is 22.8 Å². The third-order valence-corrected chi connectivity index (χ3v) is 5.41. The number of hydrogen-bond acceptors (Lipinski definition) is 6. The SMILES string of the molecule is COc1ccc(OCC(=O)Nc2nc(-c3ccc(NC(=O)c4ccccc4)cc3)cs2)cc1. The second kappa shape index (κ2) is 10.4. The quantitative estimate of drug-likeness (QED) is 0.383. The van der Waals surface area contributed by atoms with Gasteiger partial charge in [0.2, 0.25) is 0 Å². The van der Waals surface area contributed by atoms with E-state index in [1.165, 1.54) is 11.3 Å². The Morgan fingerprint density at radius 2 is 1.58 bits per heavy atom. The molecule has 0 saturated heterocycles. The highest BCUT2D eigenvalue weighted by atomic mass is 32.1. The molecule has 0 aliphatic carbocycles. The first kappa shape index (κ1) is 22.0. The first-order chi connectivity index (χ1) is 16.1. The summed E-state index contributed by atoms with van der Waals surface area (Å²) in [5.74, 6) is 0.823. The highest BCUT2D eigenvalue weighted by Crippen LogP contribution is 2.26. The van der Waals surface area contributed by atoms with Crippen LogP contribution < -0.4 is 20.1 Å². The highest BCUT2D eigenvalue weighted by Gasteiger charge is 2.10. The molecule has 0 fully saturated rings. The van der Waals surface area contributed by atoms with E-state index in [1.807, 2.05) is 47.8 Å². The monoisotopic (exact) mass is 459 g/mol. The minimum Gasteiger partial charge on any atom is -0.497 e. The zero-order valence-electron chi connectivity index (χ0n) is 17.8. The van der Waals surface area contributed by atoms with Crippen molar-refractivity contribution in [2.24, 2.45) is 0 Å². The molecule has 0 saturated carbocycles. The van der Waals surface area contributed by atoms with Crippen molar-refractivity contribution < 1.29 is 19.1 Å².